The zero-order chi connectivity index (χ0) is 13.9. The molecule has 1 unspecified atom stereocenters. The zero-order valence-electron chi connectivity index (χ0n) is 10.7. The van der Waals surface area contributed by atoms with Crippen molar-refractivity contribution >= 4 is 11.9 Å². The molecule has 1 aromatic carbocycles. The van der Waals surface area contributed by atoms with Gasteiger partial charge in [0.25, 0.3) is 5.91 Å². The standard InChI is InChI=1S/C13H17NO4/c1-7-4-5-8(2)11(13(17)18)10(7)12(16)14-6-9(3)15/h4-5,9,15H,6H2,1-3H3,(H,14,16)(H,17,18). The number of hydrogen-bond donors (Lipinski definition) is 3. The monoisotopic (exact) mass is 251 g/mol. The van der Waals surface area contributed by atoms with Crippen molar-refractivity contribution < 1.29 is 19.8 Å². The van der Waals surface area contributed by atoms with Crippen LogP contribution in [-0.4, -0.2) is 34.7 Å². The Kier molecular flexibility index (Phi) is 4.44. The maximum absolute atomic E-state index is 12.0. The van der Waals surface area contributed by atoms with Crippen molar-refractivity contribution in [2.75, 3.05) is 6.54 Å². The summed E-state index contributed by atoms with van der Waals surface area (Å²) in [4.78, 5) is 23.2. The molecule has 1 aromatic rings. The van der Waals surface area contributed by atoms with Crippen LogP contribution < -0.4 is 5.32 Å². The Morgan fingerprint density at radius 1 is 1.22 bits per heavy atom. The first kappa shape index (κ1) is 14.2. The third-order valence-electron chi connectivity index (χ3n) is 2.62. The molecule has 98 valence electrons. The molecule has 0 bridgehead atoms. The molecule has 5 nitrogen and oxygen atoms in total. The SMILES string of the molecule is Cc1ccc(C)c(C(=O)NCC(C)O)c1C(=O)O. The topological polar surface area (TPSA) is 86.6 Å². The summed E-state index contributed by atoms with van der Waals surface area (Å²) in [5, 5.41) is 20.8. The fourth-order valence-corrected chi connectivity index (χ4v) is 1.71. The Morgan fingerprint density at radius 2 is 1.72 bits per heavy atom. The molecular formula is C13H17NO4. The minimum atomic E-state index is -1.13. The number of aliphatic hydroxyl groups is 1. The number of carbonyl (C=O) groups excluding carboxylic acids is 1. The highest BCUT2D eigenvalue weighted by molar-refractivity contribution is 6.06. The fourth-order valence-electron chi connectivity index (χ4n) is 1.71. The first-order chi connectivity index (χ1) is 8.34. The summed E-state index contributed by atoms with van der Waals surface area (Å²) in [5.41, 5.74) is 1.30. The second-order valence-electron chi connectivity index (χ2n) is 4.31. The Hall–Kier alpha value is -1.88. The molecule has 0 saturated carbocycles. The van der Waals surface area contributed by atoms with Crippen LogP contribution in [0.2, 0.25) is 0 Å². The molecule has 3 N–H and O–H groups in total. The normalized spacial score (nSPS) is 12.0. The van der Waals surface area contributed by atoms with E-state index in [4.69, 9.17) is 10.2 Å². The van der Waals surface area contributed by atoms with Gasteiger partial charge in [0.2, 0.25) is 0 Å². The summed E-state index contributed by atoms with van der Waals surface area (Å²) < 4.78 is 0. The molecule has 0 aliphatic heterocycles. The van der Waals surface area contributed by atoms with E-state index in [1.807, 2.05) is 0 Å². The van der Waals surface area contributed by atoms with E-state index in [1.165, 1.54) is 0 Å². The van der Waals surface area contributed by atoms with E-state index in [-0.39, 0.29) is 17.7 Å². The number of nitrogens with one attached hydrogen (secondary N) is 1. The van der Waals surface area contributed by atoms with Gasteiger partial charge in [-0.25, -0.2) is 4.79 Å². The maximum atomic E-state index is 12.0. The molecule has 0 heterocycles. The van der Waals surface area contributed by atoms with Gasteiger partial charge in [-0.2, -0.15) is 0 Å². The summed E-state index contributed by atoms with van der Waals surface area (Å²) in [6.45, 7) is 4.96. The summed E-state index contributed by atoms with van der Waals surface area (Å²) in [6, 6.07) is 3.38. The summed E-state index contributed by atoms with van der Waals surface area (Å²) in [6.07, 6.45) is -0.674. The Bertz CT molecular complexity index is 480. The molecule has 0 spiro atoms. The number of benzene rings is 1. The van der Waals surface area contributed by atoms with Crippen LogP contribution in [0.1, 0.15) is 38.8 Å². The molecule has 1 atom stereocenters. The number of aromatic carboxylic acids is 1. The minimum absolute atomic E-state index is 0.0121. The number of carboxylic acids is 1. The molecule has 0 aliphatic carbocycles. The van der Waals surface area contributed by atoms with Gasteiger partial charge in [-0.05, 0) is 31.9 Å². The molecule has 0 radical (unpaired) electrons. The van der Waals surface area contributed by atoms with Gasteiger partial charge in [0.15, 0.2) is 0 Å². The molecule has 5 heteroatoms. The first-order valence-corrected chi connectivity index (χ1v) is 5.64. The highest BCUT2D eigenvalue weighted by atomic mass is 16.4. The number of carboxylic acid groups (broad SMARTS) is 1. The van der Waals surface area contributed by atoms with Crippen LogP contribution in [0.25, 0.3) is 0 Å². The van der Waals surface area contributed by atoms with Gasteiger partial charge < -0.3 is 15.5 Å². The van der Waals surface area contributed by atoms with E-state index in [0.717, 1.165) is 0 Å². The number of hydrogen-bond acceptors (Lipinski definition) is 3. The van der Waals surface area contributed by atoms with Gasteiger partial charge in [-0.1, -0.05) is 12.1 Å². The molecular weight excluding hydrogens is 234 g/mol. The lowest BCUT2D eigenvalue weighted by Gasteiger charge is -2.13. The van der Waals surface area contributed by atoms with E-state index in [0.29, 0.717) is 11.1 Å². The third-order valence-corrected chi connectivity index (χ3v) is 2.62. The van der Waals surface area contributed by atoms with Crippen LogP contribution in [0, 0.1) is 13.8 Å². The van der Waals surface area contributed by atoms with E-state index in [2.05, 4.69) is 5.32 Å². The molecule has 18 heavy (non-hydrogen) atoms. The van der Waals surface area contributed by atoms with Gasteiger partial charge >= 0.3 is 5.97 Å². The second kappa shape index (κ2) is 5.64. The zero-order valence-corrected chi connectivity index (χ0v) is 10.7. The van der Waals surface area contributed by atoms with Crippen molar-refractivity contribution in [2.24, 2.45) is 0 Å². The molecule has 0 aliphatic rings. The highest BCUT2D eigenvalue weighted by Crippen LogP contribution is 2.18. The first-order valence-electron chi connectivity index (χ1n) is 5.64. The number of rotatable bonds is 4. The highest BCUT2D eigenvalue weighted by Gasteiger charge is 2.21. The fraction of sp³-hybridized carbons (Fsp3) is 0.385. The van der Waals surface area contributed by atoms with Gasteiger partial charge in [0.1, 0.15) is 0 Å². The number of amides is 1. The predicted octanol–water partition coefficient (Wildman–Crippen LogP) is 1.11. The third kappa shape index (κ3) is 3.07. The van der Waals surface area contributed by atoms with E-state index in [9.17, 15) is 9.59 Å². The quantitative estimate of drug-likeness (QED) is 0.748. The van der Waals surface area contributed by atoms with Crippen molar-refractivity contribution in [1.82, 2.24) is 5.32 Å². The summed E-state index contributed by atoms with van der Waals surface area (Å²) in [5.74, 6) is -1.60. The largest absolute Gasteiger partial charge is 0.478 e. The van der Waals surface area contributed by atoms with E-state index >= 15 is 0 Å². The Balaban J connectivity index is 3.18. The van der Waals surface area contributed by atoms with Crippen LogP contribution in [0.3, 0.4) is 0 Å². The molecule has 1 rings (SSSR count). The van der Waals surface area contributed by atoms with Crippen molar-refractivity contribution in [2.45, 2.75) is 26.9 Å². The maximum Gasteiger partial charge on any atom is 0.336 e. The average Bonchev–Trinajstić information content (AvgIpc) is 2.28. The van der Waals surface area contributed by atoms with E-state index < -0.39 is 18.0 Å². The second-order valence-corrected chi connectivity index (χ2v) is 4.31. The van der Waals surface area contributed by atoms with Crippen molar-refractivity contribution in [3.63, 3.8) is 0 Å². The number of aliphatic hydroxyl groups excluding tert-OH is 1. The van der Waals surface area contributed by atoms with Crippen LogP contribution in [-0.2, 0) is 0 Å². The molecule has 0 aromatic heterocycles. The summed E-state index contributed by atoms with van der Waals surface area (Å²) in [7, 11) is 0. The molecule has 0 fully saturated rings. The van der Waals surface area contributed by atoms with Gasteiger partial charge in [-0.3, -0.25) is 4.79 Å². The smallest absolute Gasteiger partial charge is 0.336 e. The van der Waals surface area contributed by atoms with Crippen LogP contribution >= 0.6 is 0 Å². The van der Waals surface area contributed by atoms with Crippen molar-refractivity contribution in [1.29, 1.82) is 0 Å². The van der Waals surface area contributed by atoms with Gasteiger partial charge in [0.05, 0.1) is 17.2 Å². The lowest BCUT2D eigenvalue weighted by Crippen LogP contribution is -2.32. The van der Waals surface area contributed by atoms with E-state index in [1.54, 1.807) is 32.9 Å². The minimum Gasteiger partial charge on any atom is -0.478 e. The predicted molar refractivity (Wildman–Crippen MR) is 66.9 cm³/mol. The Morgan fingerprint density at radius 3 is 2.17 bits per heavy atom. The molecule has 0 saturated heterocycles. The Labute approximate surface area is 105 Å². The van der Waals surface area contributed by atoms with Crippen LogP contribution in [0.15, 0.2) is 12.1 Å². The lowest BCUT2D eigenvalue weighted by atomic mass is 9.96. The van der Waals surface area contributed by atoms with Crippen LogP contribution in [0.4, 0.5) is 0 Å². The van der Waals surface area contributed by atoms with Gasteiger partial charge in [0, 0.05) is 6.54 Å². The van der Waals surface area contributed by atoms with Crippen molar-refractivity contribution in [3.8, 4) is 0 Å². The number of aryl methyl sites for hydroxylation is 2. The van der Waals surface area contributed by atoms with Crippen molar-refractivity contribution in [3.05, 3.63) is 34.4 Å². The summed E-state index contributed by atoms with van der Waals surface area (Å²) >= 11 is 0. The molecule has 1 amide bonds. The lowest BCUT2D eigenvalue weighted by molar-refractivity contribution is 0.0689. The van der Waals surface area contributed by atoms with Crippen LogP contribution in [0.5, 0.6) is 0 Å². The van der Waals surface area contributed by atoms with Gasteiger partial charge in [-0.15, -0.1) is 0 Å². The average molecular weight is 251 g/mol. The number of carbonyl (C=O) groups is 2.